The van der Waals surface area contributed by atoms with Crippen molar-refractivity contribution in [3.63, 3.8) is 0 Å². The van der Waals surface area contributed by atoms with Gasteiger partial charge in [0.15, 0.2) is 0 Å². The molecule has 6 heteroatoms. The Morgan fingerprint density at radius 2 is 1.85 bits per heavy atom. The first-order valence-corrected chi connectivity index (χ1v) is 7.27. The first kappa shape index (κ1) is 15.1. The largest absolute Gasteiger partial charge is 0.480 e. The molecule has 114 valence electrons. The second-order valence-electron chi connectivity index (χ2n) is 6.51. The molecule has 2 amide bonds. The van der Waals surface area contributed by atoms with E-state index in [2.05, 4.69) is 17.6 Å². The van der Waals surface area contributed by atoms with E-state index in [9.17, 15) is 14.7 Å². The number of nitrogens with one attached hydrogen (secondary N) is 2. The van der Waals surface area contributed by atoms with Gasteiger partial charge in [-0.2, -0.15) is 0 Å². The highest BCUT2D eigenvalue weighted by Crippen LogP contribution is 2.32. The van der Waals surface area contributed by atoms with E-state index < -0.39 is 23.1 Å². The third-order valence-corrected chi connectivity index (χ3v) is 4.52. The fourth-order valence-electron chi connectivity index (χ4n) is 2.94. The molecule has 2 rings (SSSR count). The first-order chi connectivity index (χ1) is 9.35. The quantitative estimate of drug-likeness (QED) is 0.733. The first-order valence-electron chi connectivity index (χ1n) is 7.27. The summed E-state index contributed by atoms with van der Waals surface area (Å²) in [6.07, 6.45) is 3.38. The molecule has 0 bridgehead atoms. The monoisotopic (exact) mass is 284 g/mol. The van der Waals surface area contributed by atoms with Gasteiger partial charge < -0.3 is 20.5 Å². The normalized spacial score (nSPS) is 37.4. The lowest BCUT2D eigenvalue weighted by atomic mass is 9.77. The van der Waals surface area contributed by atoms with Crippen molar-refractivity contribution in [2.45, 2.75) is 57.0 Å². The highest BCUT2D eigenvalue weighted by Gasteiger charge is 2.43. The predicted molar refractivity (Wildman–Crippen MR) is 73.5 cm³/mol. The minimum absolute atomic E-state index is 0.397. The van der Waals surface area contributed by atoms with E-state index in [0.29, 0.717) is 32.0 Å². The summed E-state index contributed by atoms with van der Waals surface area (Å²) in [4.78, 5) is 23.7. The lowest BCUT2D eigenvalue weighted by molar-refractivity contribution is -0.146. The number of hydrogen-bond donors (Lipinski definition) is 3. The van der Waals surface area contributed by atoms with Crippen LogP contribution in [0.4, 0.5) is 4.79 Å². The van der Waals surface area contributed by atoms with Crippen LogP contribution >= 0.6 is 0 Å². The summed E-state index contributed by atoms with van der Waals surface area (Å²) in [5, 5.41) is 15.0. The highest BCUT2D eigenvalue weighted by atomic mass is 16.5. The van der Waals surface area contributed by atoms with Gasteiger partial charge in [0.05, 0.1) is 12.1 Å². The molecule has 2 fully saturated rings. The molecule has 0 radical (unpaired) electrons. The number of hydrogen-bond acceptors (Lipinski definition) is 3. The summed E-state index contributed by atoms with van der Waals surface area (Å²) in [7, 11) is 0. The Bertz CT molecular complexity index is 383. The summed E-state index contributed by atoms with van der Waals surface area (Å²) < 4.78 is 5.28. The van der Waals surface area contributed by atoms with Gasteiger partial charge in [-0.05, 0) is 44.9 Å². The molecule has 6 nitrogen and oxygen atoms in total. The van der Waals surface area contributed by atoms with Gasteiger partial charge in [0.25, 0.3) is 0 Å². The van der Waals surface area contributed by atoms with Crippen LogP contribution in [0.2, 0.25) is 0 Å². The van der Waals surface area contributed by atoms with Crippen molar-refractivity contribution in [2.24, 2.45) is 5.92 Å². The molecule has 20 heavy (non-hydrogen) atoms. The molecular formula is C14H24N2O4. The molecule has 1 saturated heterocycles. The molecule has 0 spiro atoms. The van der Waals surface area contributed by atoms with Gasteiger partial charge in [-0.3, -0.25) is 0 Å². The second-order valence-corrected chi connectivity index (χ2v) is 6.51. The highest BCUT2D eigenvalue weighted by molar-refractivity contribution is 5.86. The average Bonchev–Trinajstić information content (AvgIpc) is 2.78. The van der Waals surface area contributed by atoms with E-state index in [0.717, 1.165) is 19.3 Å². The van der Waals surface area contributed by atoms with Gasteiger partial charge in [-0.25, -0.2) is 9.59 Å². The second kappa shape index (κ2) is 5.60. The minimum atomic E-state index is -1.12. The SMILES string of the molecule is CC1CCC(NC(=O)NC2(C)CCOC2)(C(=O)O)CC1. The standard InChI is InChI=1S/C14H24N2O4/c1-10-3-5-14(6-4-10,11(17)18)16-12(19)15-13(2)7-8-20-9-13/h10H,3-9H2,1-2H3,(H,17,18)(H2,15,16,19). The van der Waals surface area contributed by atoms with Crippen LogP contribution in [0.25, 0.3) is 0 Å². The number of amides is 2. The number of carboxylic acids is 1. The number of aliphatic carboxylic acids is 1. The third kappa shape index (κ3) is 3.23. The Balaban J connectivity index is 1.98. The van der Waals surface area contributed by atoms with E-state index in [1.54, 1.807) is 0 Å². The topological polar surface area (TPSA) is 87.7 Å². The molecule has 1 saturated carbocycles. The van der Waals surface area contributed by atoms with E-state index in [-0.39, 0.29) is 0 Å². The average molecular weight is 284 g/mol. The Morgan fingerprint density at radius 1 is 1.20 bits per heavy atom. The van der Waals surface area contributed by atoms with E-state index in [1.807, 2.05) is 6.92 Å². The molecule has 0 aromatic carbocycles. The van der Waals surface area contributed by atoms with E-state index in [4.69, 9.17) is 4.74 Å². The predicted octanol–water partition coefficient (Wildman–Crippen LogP) is 1.50. The van der Waals surface area contributed by atoms with Crippen molar-refractivity contribution in [2.75, 3.05) is 13.2 Å². The zero-order chi connectivity index (χ0) is 14.8. The van der Waals surface area contributed by atoms with Gasteiger partial charge in [-0.1, -0.05) is 6.92 Å². The molecule has 2 aliphatic rings. The lowest BCUT2D eigenvalue weighted by Gasteiger charge is -2.37. The summed E-state index contributed by atoms with van der Waals surface area (Å²) in [6, 6.07) is -0.407. The fraction of sp³-hybridized carbons (Fsp3) is 0.857. The van der Waals surface area contributed by atoms with Gasteiger partial charge in [-0.15, -0.1) is 0 Å². The smallest absolute Gasteiger partial charge is 0.329 e. The number of carboxylic acid groups (broad SMARTS) is 1. The number of carbonyl (C=O) groups excluding carboxylic acids is 1. The molecule has 3 N–H and O–H groups in total. The molecule has 1 aliphatic heterocycles. The van der Waals surface area contributed by atoms with Crippen LogP contribution < -0.4 is 10.6 Å². The zero-order valence-corrected chi connectivity index (χ0v) is 12.2. The van der Waals surface area contributed by atoms with Crippen LogP contribution in [0, 0.1) is 5.92 Å². The Morgan fingerprint density at radius 3 is 2.35 bits per heavy atom. The van der Waals surface area contributed by atoms with Crippen LogP contribution in [0.1, 0.15) is 46.0 Å². The molecule has 0 aromatic heterocycles. The van der Waals surface area contributed by atoms with Crippen LogP contribution in [-0.4, -0.2) is 41.4 Å². The van der Waals surface area contributed by atoms with Crippen LogP contribution in [0.15, 0.2) is 0 Å². The summed E-state index contributed by atoms with van der Waals surface area (Å²) in [6.45, 7) is 5.12. The minimum Gasteiger partial charge on any atom is -0.480 e. The molecule has 1 heterocycles. The Kier molecular flexibility index (Phi) is 4.22. The summed E-state index contributed by atoms with van der Waals surface area (Å²) >= 11 is 0. The van der Waals surface area contributed by atoms with E-state index >= 15 is 0 Å². The Labute approximate surface area is 119 Å². The van der Waals surface area contributed by atoms with Gasteiger partial charge in [0.1, 0.15) is 5.54 Å². The maximum Gasteiger partial charge on any atom is 0.329 e. The number of urea groups is 1. The number of rotatable bonds is 3. The van der Waals surface area contributed by atoms with Crippen LogP contribution in [-0.2, 0) is 9.53 Å². The van der Waals surface area contributed by atoms with Gasteiger partial charge in [0.2, 0.25) is 0 Å². The molecule has 1 unspecified atom stereocenters. The van der Waals surface area contributed by atoms with Crippen molar-refractivity contribution in [1.82, 2.24) is 10.6 Å². The van der Waals surface area contributed by atoms with Crippen molar-refractivity contribution in [3.05, 3.63) is 0 Å². The van der Waals surface area contributed by atoms with Crippen LogP contribution in [0.5, 0.6) is 0 Å². The summed E-state index contributed by atoms with van der Waals surface area (Å²) in [5.41, 5.74) is -1.52. The van der Waals surface area contributed by atoms with Crippen LogP contribution in [0.3, 0.4) is 0 Å². The molecule has 1 aliphatic carbocycles. The van der Waals surface area contributed by atoms with Crippen molar-refractivity contribution < 1.29 is 19.4 Å². The van der Waals surface area contributed by atoms with Gasteiger partial charge in [0, 0.05) is 6.61 Å². The van der Waals surface area contributed by atoms with Crippen molar-refractivity contribution >= 4 is 12.0 Å². The molecular weight excluding hydrogens is 260 g/mol. The van der Waals surface area contributed by atoms with Gasteiger partial charge >= 0.3 is 12.0 Å². The fourth-order valence-corrected chi connectivity index (χ4v) is 2.94. The zero-order valence-electron chi connectivity index (χ0n) is 12.2. The Hall–Kier alpha value is -1.30. The third-order valence-electron chi connectivity index (χ3n) is 4.52. The van der Waals surface area contributed by atoms with Crippen molar-refractivity contribution in [1.29, 1.82) is 0 Å². The maximum absolute atomic E-state index is 12.1. The number of ether oxygens (including phenoxy) is 1. The summed E-state index contributed by atoms with van der Waals surface area (Å²) in [5.74, 6) is -0.416. The maximum atomic E-state index is 12.1. The molecule has 0 aromatic rings. The molecule has 1 atom stereocenters. The van der Waals surface area contributed by atoms with Crippen molar-refractivity contribution in [3.8, 4) is 0 Å². The number of carbonyl (C=O) groups is 2. The lowest BCUT2D eigenvalue weighted by Crippen LogP contribution is -2.61. The van der Waals surface area contributed by atoms with E-state index in [1.165, 1.54) is 0 Å².